The van der Waals surface area contributed by atoms with Crippen LogP contribution in [0.2, 0.25) is 0 Å². The molecular weight excluding hydrogens is 324 g/mol. The highest BCUT2D eigenvalue weighted by Gasteiger charge is 2.54. The number of carbonyl (C=O) groups excluding carboxylic acids is 1. The number of ether oxygens (including phenoxy) is 1. The lowest BCUT2D eigenvalue weighted by molar-refractivity contribution is -0.137. The fourth-order valence-corrected chi connectivity index (χ4v) is 4.41. The molecule has 2 unspecified atom stereocenters. The van der Waals surface area contributed by atoms with E-state index >= 15 is 0 Å². The van der Waals surface area contributed by atoms with Gasteiger partial charge in [-0.3, -0.25) is 19.6 Å². The average Bonchev–Trinajstić information content (AvgIpc) is 3.18. The van der Waals surface area contributed by atoms with Gasteiger partial charge in [-0.2, -0.15) is 12.6 Å². The Morgan fingerprint density at radius 3 is 2.58 bits per heavy atom. The van der Waals surface area contributed by atoms with Gasteiger partial charge in [0, 0.05) is 26.3 Å². The fraction of sp³-hybridized carbons (Fsp3) is 0.647. The van der Waals surface area contributed by atoms with Crippen LogP contribution in [0.3, 0.4) is 0 Å². The second kappa shape index (κ2) is 7.82. The van der Waals surface area contributed by atoms with Crippen LogP contribution in [0.15, 0.2) is 24.4 Å². The molecule has 1 aromatic rings. The predicted molar refractivity (Wildman–Crippen MR) is 96.0 cm³/mol. The molecule has 1 N–H and O–H groups in total. The van der Waals surface area contributed by atoms with Crippen LogP contribution in [0.25, 0.3) is 0 Å². The number of morpholine rings is 1. The molecule has 1 aromatic heterocycles. The second-order valence-electron chi connectivity index (χ2n) is 6.28. The monoisotopic (exact) mass is 350 g/mol. The maximum absolute atomic E-state index is 13.2. The number of hydrogen-bond donors (Lipinski definition) is 2. The van der Waals surface area contributed by atoms with Crippen molar-refractivity contribution >= 4 is 18.5 Å². The van der Waals surface area contributed by atoms with Gasteiger partial charge >= 0.3 is 0 Å². The molecule has 0 radical (unpaired) electrons. The molecule has 0 spiro atoms. The molecule has 132 valence electrons. The molecule has 2 saturated heterocycles. The summed E-state index contributed by atoms with van der Waals surface area (Å²) in [6.45, 7) is 4.64. The van der Waals surface area contributed by atoms with Gasteiger partial charge in [-0.25, -0.2) is 0 Å². The number of likely N-dealkylation sites (tertiary alicyclic amines) is 1. The summed E-state index contributed by atoms with van der Waals surface area (Å²) in [6.07, 6.45) is 3.94. The van der Waals surface area contributed by atoms with Crippen molar-refractivity contribution in [3.8, 4) is 0 Å². The van der Waals surface area contributed by atoms with Crippen molar-refractivity contribution in [1.29, 1.82) is 0 Å². The fourth-order valence-electron chi connectivity index (χ4n) is 3.77. The van der Waals surface area contributed by atoms with Crippen LogP contribution < -0.4 is 5.32 Å². The van der Waals surface area contributed by atoms with E-state index in [9.17, 15) is 4.79 Å². The number of thiol groups is 1. The van der Waals surface area contributed by atoms with Crippen molar-refractivity contribution < 1.29 is 9.53 Å². The Morgan fingerprint density at radius 2 is 2.00 bits per heavy atom. The van der Waals surface area contributed by atoms with Gasteiger partial charge in [0.2, 0.25) is 5.91 Å². The highest BCUT2D eigenvalue weighted by molar-refractivity contribution is 7.81. The van der Waals surface area contributed by atoms with Gasteiger partial charge < -0.3 is 10.1 Å². The number of pyridine rings is 1. The van der Waals surface area contributed by atoms with Gasteiger partial charge in [0.05, 0.1) is 24.3 Å². The number of hydrogen-bond acceptors (Lipinski definition) is 6. The molecule has 24 heavy (non-hydrogen) atoms. The molecule has 2 aliphatic rings. The number of aromatic nitrogens is 1. The Balaban J connectivity index is 2.07. The summed E-state index contributed by atoms with van der Waals surface area (Å²) in [7, 11) is 1.69. The van der Waals surface area contributed by atoms with E-state index < -0.39 is 5.54 Å². The third kappa shape index (κ3) is 3.06. The lowest BCUT2D eigenvalue weighted by Crippen LogP contribution is -2.65. The second-order valence-corrected chi connectivity index (χ2v) is 6.77. The average molecular weight is 350 g/mol. The van der Waals surface area contributed by atoms with Crippen LogP contribution in [-0.4, -0.2) is 72.5 Å². The van der Waals surface area contributed by atoms with E-state index in [1.807, 2.05) is 18.2 Å². The van der Waals surface area contributed by atoms with Gasteiger partial charge in [0.1, 0.15) is 0 Å². The predicted octanol–water partition coefficient (Wildman–Crippen LogP) is 0.707. The number of nitrogens with zero attached hydrogens (tertiary/aromatic N) is 3. The van der Waals surface area contributed by atoms with E-state index in [2.05, 4.69) is 20.1 Å². The van der Waals surface area contributed by atoms with Gasteiger partial charge in [-0.05, 0) is 38.1 Å². The van der Waals surface area contributed by atoms with Crippen molar-refractivity contribution in [2.75, 3.05) is 46.4 Å². The van der Waals surface area contributed by atoms with Crippen molar-refractivity contribution in [2.24, 2.45) is 0 Å². The van der Waals surface area contributed by atoms with Gasteiger partial charge in [0.15, 0.2) is 5.54 Å². The van der Waals surface area contributed by atoms with E-state index in [1.165, 1.54) is 0 Å². The lowest BCUT2D eigenvalue weighted by atomic mass is 9.89. The maximum atomic E-state index is 13.2. The Labute approximate surface area is 149 Å². The SMILES string of the molecule is CNC(=O)C(c1ccccn1)(C(S)N1CCOCC1)N1CCCC1. The third-order valence-corrected chi connectivity index (χ3v) is 5.70. The zero-order valence-electron chi connectivity index (χ0n) is 14.1. The van der Waals surface area contributed by atoms with Crippen molar-refractivity contribution in [3.05, 3.63) is 30.1 Å². The number of amides is 1. The number of nitrogens with one attached hydrogen (secondary N) is 1. The van der Waals surface area contributed by atoms with Gasteiger partial charge in [-0.1, -0.05) is 6.07 Å². The lowest BCUT2D eigenvalue weighted by Gasteiger charge is -2.48. The van der Waals surface area contributed by atoms with Crippen LogP contribution in [0.1, 0.15) is 18.5 Å². The molecular formula is C17H26N4O2S. The highest BCUT2D eigenvalue weighted by atomic mass is 32.1. The van der Waals surface area contributed by atoms with Crippen LogP contribution in [0.4, 0.5) is 0 Å². The Hall–Kier alpha value is -1.15. The minimum atomic E-state index is -0.896. The Morgan fingerprint density at radius 1 is 1.29 bits per heavy atom. The standard InChI is InChI=1S/C17H26N4O2S/c1-18-15(22)17(21-8-4-5-9-21,14-6-2-3-7-19-14)16(24)20-10-12-23-13-11-20/h2-3,6-7,16,24H,4-5,8-13H2,1H3,(H,18,22). The molecule has 3 rings (SSSR count). The molecule has 7 heteroatoms. The molecule has 6 nitrogen and oxygen atoms in total. The van der Waals surface area contributed by atoms with E-state index in [0.29, 0.717) is 13.2 Å². The zero-order valence-corrected chi connectivity index (χ0v) is 15.0. The third-order valence-electron chi connectivity index (χ3n) is 5.00. The summed E-state index contributed by atoms with van der Waals surface area (Å²) in [5.74, 6) is -0.0467. The van der Waals surface area contributed by atoms with Crippen molar-refractivity contribution in [3.63, 3.8) is 0 Å². The van der Waals surface area contributed by atoms with Crippen LogP contribution in [-0.2, 0) is 15.1 Å². The number of rotatable bonds is 5. The highest BCUT2D eigenvalue weighted by Crippen LogP contribution is 2.38. The number of carbonyl (C=O) groups is 1. The number of likely N-dealkylation sites (N-methyl/N-ethyl adjacent to an activating group) is 1. The molecule has 0 aromatic carbocycles. The topological polar surface area (TPSA) is 57.7 Å². The minimum Gasteiger partial charge on any atom is -0.379 e. The van der Waals surface area contributed by atoms with Crippen molar-refractivity contribution in [1.82, 2.24) is 20.1 Å². The summed E-state index contributed by atoms with van der Waals surface area (Å²) in [6, 6.07) is 5.76. The summed E-state index contributed by atoms with van der Waals surface area (Å²) < 4.78 is 5.48. The van der Waals surface area contributed by atoms with Gasteiger partial charge in [-0.15, -0.1) is 0 Å². The Kier molecular flexibility index (Phi) is 5.76. The quantitative estimate of drug-likeness (QED) is 0.766. The minimum absolute atomic E-state index is 0.0467. The van der Waals surface area contributed by atoms with Crippen LogP contribution in [0.5, 0.6) is 0 Å². The smallest absolute Gasteiger partial charge is 0.249 e. The van der Waals surface area contributed by atoms with E-state index in [1.54, 1.807) is 13.2 Å². The van der Waals surface area contributed by atoms with Crippen LogP contribution >= 0.6 is 12.6 Å². The summed E-state index contributed by atoms with van der Waals surface area (Å²) in [5, 5.41) is 2.59. The summed E-state index contributed by atoms with van der Waals surface area (Å²) in [5.41, 5.74) is -0.134. The normalized spacial score (nSPS) is 23.6. The molecule has 0 bridgehead atoms. The molecule has 2 fully saturated rings. The van der Waals surface area contributed by atoms with Crippen molar-refractivity contribution in [2.45, 2.75) is 23.8 Å². The molecule has 2 aliphatic heterocycles. The molecule has 0 aliphatic carbocycles. The first kappa shape index (κ1) is 17.7. The first-order chi connectivity index (χ1) is 11.7. The molecule has 1 amide bonds. The van der Waals surface area contributed by atoms with Crippen LogP contribution in [0, 0.1) is 0 Å². The maximum Gasteiger partial charge on any atom is 0.249 e. The first-order valence-corrected chi connectivity index (χ1v) is 9.11. The van der Waals surface area contributed by atoms with E-state index in [4.69, 9.17) is 17.4 Å². The molecule has 2 atom stereocenters. The van der Waals surface area contributed by atoms with E-state index in [0.717, 1.165) is 44.7 Å². The Bertz CT molecular complexity index is 547. The molecule has 3 heterocycles. The summed E-state index contributed by atoms with van der Waals surface area (Å²) >= 11 is 4.96. The largest absolute Gasteiger partial charge is 0.379 e. The van der Waals surface area contributed by atoms with E-state index in [-0.39, 0.29) is 11.3 Å². The van der Waals surface area contributed by atoms with Gasteiger partial charge in [0.25, 0.3) is 0 Å². The molecule has 0 saturated carbocycles. The first-order valence-electron chi connectivity index (χ1n) is 8.60. The zero-order chi connectivity index (χ0) is 17.0. The summed E-state index contributed by atoms with van der Waals surface area (Å²) in [4.78, 5) is 22.3.